The van der Waals surface area contributed by atoms with Crippen molar-refractivity contribution < 1.29 is 4.74 Å². The van der Waals surface area contributed by atoms with Crippen LogP contribution in [0.1, 0.15) is 6.92 Å². The van der Waals surface area contributed by atoms with Crippen LogP contribution in [0.15, 0.2) is 4.99 Å². The highest BCUT2D eigenvalue weighted by atomic mass is 32.1. The van der Waals surface area contributed by atoms with E-state index in [2.05, 4.69) is 20.4 Å². The lowest BCUT2D eigenvalue weighted by Crippen LogP contribution is -2.26. The van der Waals surface area contributed by atoms with Crippen LogP contribution in [0.25, 0.3) is 0 Å². The maximum atomic E-state index is 5.57. The van der Waals surface area contributed by atoms with E-state index < -0.39 is 0 Å². The van der Waals surface area contributed by atoms with E-state index in [9.17, 15) is 0 Å². The number of hydrogen-bond acceptors (Lipinski definition) is 6. The molecule has 0 saturated heterocycles. The van der Waals surface area contributed by atoms with Crippen molar-refractivity contribution in [2.75, 3.05) is 19.4 Å². The molecule has 1 rings (SSSR count). The van der Waals surface area contributed by atoms with Gasteiger partial charge in [-0.3, -0.25) is 0 Å². The van der Waals surface area contributed by atoms with E-state index >= 15 is 0 Å². The Kier molecular flexibility index (Phi) is 3.98. The van der Waals surface area contributed by atoms with Crippen molar-refractivity contribution in [3.8, 4) is 0 Å². The van der Waals surface area contributed by atoms with Gasteiger partial charge in [0.15, 0.2) is 11.5 Å². The molecule has 0 aliphatic heterocycles. The van der Waals surface area contributed by atoms with Gasteiger partial charge in [-0.15, -0.1) is 5.10 Å². The Balaban J connectivity index is 2.81. The summed E-state index contributed by atoms with van der Waals surface area (Å²) in [6.45, 7) is 2.39. The number of thiocarbonyl (C=S) groups is 1. The highest BCUT2D eigenvalue weighted by molar-refractivity contribution is 7.80. The maximum Gasteiger partial charge on any atom is 0.273 e. The van der Waals surface area contributed by atoms with Gasteiger partial charge in [0.2, 0.25) is 5.95 Å². The number of nitrogen functional groups attached to an aromatic ring is 1. The van der Waals surface area contributed by atoms with Crippen molar-refractivity contribution in [3.63, 3.8) is 0 Å². The van der Waals surface area contributed by atoms with Crippen LogP contribution < -0.4 is 11.1 Å². The average molecular weight is 228 g/mol. The van der Waals surface area contributed by atoms with Crippen LogP contribution in [0.5, 0.6) is 0 Å². The summed E-state index contributed by atoms with van der Waals surface area (Å²) in [4.78, 5) is 7.71. The third-order valence-corrected chi connectivity index (χ3v) is 1.81. The second-order valence-electron chi connectivity index (χ2n) is 2.43. The first kappa shape index (κ1) is 11.4. The quantitative estimate of drug-likeness (QED) is 0.427. The van der Waals surface area contributed by atoms with Crippen LogP contribution in [0, 0.1) is 0 Å². The Labute approximate surface area is 92.3 Å². The minimum Gasteiger partial charge on any atom is -0.483 e. The SMILES string of the molecule is CCOC=Nc1nc(N)n(C(=S)NC)n1. The molecule has 1 aromatic heterocycles. The third-order valence-electron chi connectivity index (χ3n) is 1.44. The molecule has 0 atom stereocenters. The molecular weight excluding hydrogens is 216 g/mol. The molecule has 0 radical (unpaired) electrons. The van der Waals surface area contributed by atoms with E-state index in [1.165, 1.54) is 11.1 Å². The topological polar surface area (TPSA) is 90.4 Å². The van der Waals surface area contributed by atoms with E-state index in [1.807, 2.05) is 6.92 Å². The van der Waals surface area contributed by atoms with Gasteiger partial charge in [0, 0.05) is 7.05 Å². The predicted molar refractivity (Wildman–Crippen MR) is 61.3 cm³/mol. The average Bonchev–Trinajstić information content (AvgIpc) is 2.59. The fraction of sp³-hybridized carbons (Fsp3) is 0.429. The summed E-state index contributed by atoms with van der Waals surface area (Å²) >= 11 is 4.94. The number of nitrogens with zero attached hydrogens (tertiary/aromatic N) is 4. The summed E-state index contributed by atoms with van der Waals surface area (Å²) in [5.41, 5.74) is 5.57. The fourth-order valence-electron chi connectivity index (χ4n) is 0.782. The van der Waals surface area contributed by atoms with Crippen molar-refractivity contribution in [3.05, 3.63) is 0 Å². The largest absolute Gasteiger partial charge is 0.483 e. The summed E-state index contributed by atoms with van der Waals surface area (Å²) in [6, 6.07) is 0. The smallest absolute Gasteiger partial charge is 0.273 e. The molecule has 15 heavy (non-hydrogen) atoms. The Bertz CT molecular complexity index is 374. The number of aliphatic imine (C=N–C) groups is 1. The summed E-state index contributed by atoms with van der Waals surface area (Å²) in [7, 11) is 1.67. The van der Waals surface area contributed by atoms with Crippen LogP contribution in [-0.4, -0.2) is 39.9 Å². The first-order chi connectivity index (χ1) is 7.19. The first-order valence-corrected chi connectivity index (χ1v) is 4.68. The molecule has 0 bridgehead atoms. The van der Waals surface area contributed by atoms with Crippen LogP contribution in [0.3, 0.4) is 0 Å². The number of hydrogen-bond donors (Lipinski definition) is 2. The number of nitrogens with one attached hydrogen (secondary N) is 1. The molecule has 7 nitrogen and oxygen atoms in total. The monoisotopic (exact) mass is 228 g/mol. The van der Waals surface area contributed by atoms with E-state index in [0.717, 1.165) is 0 Å². The van der Waals surface area contributed by atoms with Crippen molar-refractivity contribution >= 4 is 35.6 Å². The molecule has 3 N–H and O–H groups in total. The van der Waals surface area contributed by atoms with E-state index in [0.29, 0.717) is 11.7 Å². The highest BCUT2D eigenvalue weighted by Gasteiger charge is 2.08. The lowest BCUT2D eigenvalue weighted by molar-refractivity contribution is 0.343. The molecule has 0 aliphatic carbocycles. The van der Waals surface area contributed by atoms with Gasteiger partial charge in [0.05, 0.1) is 6.61 Å². The van der Waals surface area contributed by atoms with Gasteiger partial charge in [-0.05, 0) is 19.1 Å². The second-order valence-corrected chi connectivity index (χ2v) is 2.81. The van der Waals surface area contributed by atoms with E-state index in [1.54, 1.807) is 7.05 Å². The molecule has 0 aromatic carbocycles. The summed E-state index contributed by atoms with van der Waals surface area (Å²) in [5, 5.41) is 7.04. The summed E-state index contributed by atoms with van der Waals surface area (Å²) in [6.07, 6.45) is 1.27. The van der Waals surface area contributed by atoms with E-state index in [-0.39, 0.29) is 11.9 Å². The van der Waals surface area contributed by atoms with Gasteiger partial charge in [-0.1, -0.05) is 0 Å². The number of rotatable bonds is 3. The zero-order valence-corrected chi connectivity index (χ0v) is 9.28. The van der Waals surface area contributed by atoms with Crippen LogP contribution in [-0.2, 0) is 4.74 Å². The molecule has 1 heterocycles. The first-order valence-electron chi connectivity index (χ1n) is 4.27. The molecule has 0 saturated carbocycles. The zero-order valence-electron chi connectivity index (χ0n) is 8.47. The molecule has 0 amide bonds. The number of aromatic nitrogens is 3. The fourth-order valence-corrected chi connectivity index (χ4v) is 0.916. The Morgan fingerprint density at radius 1 is 1.80 bits per heavy atom. The van der Waals surface area contributed by atoms with Crippen molar-refractivity contribution in [1.29, 1.82) is 0 Å². The zero-order chi connectivity index (χ0) is 11.3. The number of nitrogens with two attached hydrogens (primary N) is 1. The van der Waals surface area contributed by atoms with Gasteiger partial charge < -0.3 is 15.8 Å². The second kappa shape index (κ2) is 5.25. The maximum absolute atomic E-state index is 5.57. The Morgan fingerprint density at radius 3 is 3.13 bits per heavy atom. The molecule has 0 unspecified atom stereocenters. The van der Waals surface area contributed by atoms with Crippen LogP contribution >= 0.6 is 12.2 Å². The Morgan fingerprint density at radius 2 is 2.53 bits per heavy atom. The molecule has 8 heteroatoms. The molecule has 1 aromatic rings. The van der Waals surface area contributed by atoms with Gasteiger partial charge >= 0.3 is 0 Å². The third kappa shape index (κ3) is 2.88. The number of anilines is 1. The van der Waals surface area contributed by atoms with Gasteiger partial charge in [-0.25, -0.2) is 0 Å². The van der Waals surface area contributed by atoms with Crippen molar-refractivity contribution in [1.82, 2.24) is 20.1 Å². The van der Waals surface area contributed by atoms with Gasteiger partial charge in [0.1, 0.15) is 0 Å². The van der Waals surface area contributed by atoms with E-state index in [4.69, 9.17) is 22.7 Å². The molecule has 0 fully saturated rings. The highest BCUT2D eigenvalue weighted by Crippen LogP contribution is 2.07. The van der Waals surface area contributed by atoms with Gasteiger partial charge in [0.25, 0.3) is 5.95 Å². The standard InChI is InChI=1S/C7H12N6OS/c1-3-14-4-10-6-11-5(8)13(12-6)7(15)9-2/h4H,3H2,1-2H3,(H,9,15)(H2,8,11,12). The van der Waals surface area contributed by atoms with Crippen LogP contribution in [0.4, 0.5) is 11.9 Å². The lowest BCUT2D eigenvalue weighted by Gasteiger charge is -2.00. The molecule has 82 valence electrons. The summed E-state index contributed by atoms with van der Waals surface area (Å²) in [5.74, 6) is 0.386. The van der Waals surface area contributed by atoms with Crippen LogP contribution in [0.2, 0.25) is 0 Å². The Hall–Kier alpha value is -1.70. The normalized spacial score (nSPS) is 10.5. The number of ether oxygens (including phenoxy) is 1. The minimum atomic E-state index is 0.179. The van der Waals surface area contributed by atoms with Gasteiger partial charge in [-0.2, -0.15) is 14.7 Å². The molecule has 0 aliphatic rings. The summed E-state index contributed by atoms with van der Waals surface area (Å²) < 4.78 is 6.19. The lowest BCUT2D eigenvalue weighted by atomic mass is 10.9. The molecular formula is C7H12N6OS. The predicted octanol–water partition coefficient (Wildman–Crippen LogP) is -0.0910. The van der Waals surface area contributed by atoms with Crippen molar-refractivity contribution in [2.24, 2.45) is 4.99 Å². The van der Waals surface area contributed by atoms with Crippen molar-refractivity contribution in [2.45, 2.75) is 6.92 Å². The minimum absolute atomic E-state index is 0.179. The molecule has 0 spiro atoms.